The van der Waals surface area contributed by atoms with Crippen molar-refractivity contribution in [3.05, 3.63) is 0 Å². The van der Waals surface area contributed by atoms with Crippen LogP contribution in [0.3, 0.4) is 0 Å². The Morgan fingerprint density at radius 1 is 1.11 bits per heavy atom. The van der Waals surface area contributed by atoms with Crippen LogP contribution in [0.4, 0.5) is 0 Å². The number of carbonyl (C=O) groups is 1. The Bertz CT molecular complexity index is 479. The fourth-order valence-corrected chi connectivity index (χ4v) is 4.51. The molecule has 1 aliphatic heterocycles. The summed E-state index contributed by atoms with van der Waals surface area (Å²) in [5.74, 6) is -0.340. The number of cyclic esters (lactones) is 1. The van der Waals surface area contributed by atoms with Crippen LogP contribution < -0.4 is 5.32 Å². The van der Waals surface area contributed by atoms with Crippen LogP contribution in [0.1, 0.15) is 74.1 Å². The number of aliphatic hydroxyl groups is 3. The van der Waals surface area contributed by atoms with Crippen molar-refractivity contribution in [2.45, 2.75) is 104 Å². The number of nitrogens with one attached hydrogen (secondary N) is 1. The van der Waals surface area contributed by atoms with Gasteiger partial charge in [0.05, 0.1) is 11.5 Å². The van der Waals surface area contributed by atoms with Gasteiger partial charge in [0.1, 0.15) is 17.8 Å². The molecule has 0 aromatic carbocycles. The molecule has 1 fully saturated rings. The summed E-state index contributed by atoms with van der Waals surface area (Å²) >= 11 is 0. The lowest BCUT2D eigenvalue weighted by Gasteiger charge is -2.39. The second-order valence-electron chi connectivity index (χ2n) is 9.45. The first kappa shape index (κ1) is 24.3. The Hall–Kier alpha value is -0.690. The lowest BCUT2D eigenvalue weighted by atomic mass is 9.82. The van der Waals surface area contributed by atoms with Crippen molar-refractivity contribution < 1.29 is 24.9 Å². The van der Waals surface area contributed by atoms with E-state index < -0.39 is 23.4 Å². The molecule has 0 spiro atoms. The van der Waals surface area contributed by atoms with Gasteiger partial charge in [-0.25, -0.2) is 0 Å². The van der Waals surface area contributed by atoms with Crippen LogP contribution in [0.5, 0.6) is 0 Å². The molecule has 0 bridgehead atoms. The molecule has 0 aliphatic carbocycles. The zero-order valence-electron chi connectivity index (χ0n) is 18.2. The van der Waals surface area contributed by atoms with Crippen LogP contribution in [0.25, 0.3) is 0 Å². The molecule has 0 aromatic heterocycles. The fraction of sp³-hybridized carbons (Fsp3) is 0.952. The van der Waals surface area contributed by atoms with Gasteiger partial charge in [-0.15, -0.1) is 0 Å². The molecule has 0 amide bonds. The van der Waals surface area contributed by atoms with Crippen molar-refractivity contribution in [1.82, 2.24) is 5.32 Å². The van der Waals surface area contributed by atoms with Crippen molar-refractivity contribution in [3.8, 4) is 0 Å². The molecule has 1 rings (SSSR count). The lowest BCUT2D eigenvalue weighted by molar-refractivity contribution is -0.186. The summed E-state index contributed by atoms with van der Waals surface area (Å²) in [5.41, 5.74) is -2.37. The molecule has 1 heterocycles. The first-order valence-corrected chi connectivity index (χ1v) is 10.4. The Balaban J connectivity index is 3.10. The second-order valence-corrected chi connectivity index (χ2v) is 9.45. The van der Waals surface area contributed by atoms with E-state index in [1.807, 2.05) is 27.7 Å². The van der Waals surface area contributed by atoms with E-state index in [0.717, 1.165) is 0 Å². The average molecular weight is 388 g/mol. The van der Waals surface area contributed by atoms with Gasteiger partial charge >= 0.3 is 5.97 Å². The highest BCUT2D eigenvalue weighted by Gasteiger charge is 2.43. The van der Waals surface area contributed by atoms with Gasteiger partial charge in [0.2, 0.25) is 0 Å². The molecule has 6 nitrogen and oxygen atoms in total. The zero-order chi connectivity index (χ0) is 21.0. The van der Waals surface area contributed by atoms with E-state index in [4.69, 9.17) is 4.74 Å². The molecule has 0 radical (unpaired) electrons. The Kier molecular flexibility index (Phi) is 8.73. The van der Waals surface area contributed by atoms with Crippen molar-refractivity contribution in [2.24, 2.45) is 17.8 Å². The molecule has 27 heavy (non-hydrogen) atoms. The number of esters is 1. The molecule has 160 valence electrons. The van der Waals surface area contributed by atoms with E-state index in [9.17, 15) is 20.1 Å². The normalized spacial score (nSPS) is 46.2. The predicted octanol–water partition coefficient (Wildman–Crippen LogP) is 2.24. The quantitative estimate of drug-likeness (QED) is 0.515. The van der Waals surface area contributed by atoms with Crippen LogP contribution in [0.15, 0.2) is 0 Å². The summed E-state index contributed by atoms with van der Waals surface area (Å²) in [7, 11) is 0. The fourth-order valence-electron chi connectivity index (χ4n) is 4.51. The number of rotatable bonds is 1. The highest BCUT2D eigenvalue weighted by atomic mass is 16.6. The van der Waals surface area contributed by atoms with Crippen molar-refractivity contribution in [2.75, 3.05) is 6.54 Å². The topological polar surface area (TPSA) is 99.0 Å². The molecule has 1 saturated heterocycles. The van der Waals surface area contributed by atoms with Gasteiger partial charge in [0.25, 0.3) is 0 Å². The van der Waals surface area contributed by atoms with E-state index in [1.165, 1.54) is 6.92 Å². The standard InChI is InChI=1S/C21H41NO5/c1-8-17-21(7,26)18(23)16(5)22-12-14(3)11-20(6,25)10-13(2)9-15(4)19(24)27-17/h13-18,22-23,25-26H,8-12H2,1-7H3. The van der Waals surface area contributed by atoms with E-state index in [0.29, 0.717) is 32.2 Å². The van der Waals surface area contributed by atoms with Gasteiger partial charge in [-0.05, 0) is 64.8 Å². The third kappa shape index (κ3) is 7.00. The van der Waals surface area contributed by atoms with Crippen LogP contribution in [0, 0.1) is 17.8 Å². The third-order valence-corrected chi connectivity index (χ3v) is 5.88. The highest BCUT2D eigenvalue weighted by Crippen LogP contribution is 2.30. The summed E-state index contributed by atoms with van der Waals surface area (Å²) in [5, 5.41) is 35.7. The minimum atomic E-state index is -1.56. The van der Waals surface area contributed by atoms with Crippen LogP contribution in [-0.2, 0) is 9.53 Å². The van der Waals surface area contributed by atoms with Crippen LogP contribution in [0.2, 0.25) is 0 Å². The second kappa shape index (κ2) is 9.68. The predicted molar refractivity (Wildman–Crippen MR) is 106 cm³/mol. The molecule has 4 N–H and O–H groups in total. The minimum Gasteiger partial charge on any atom is -0.459 e. The molecule has 1 aliphatic rings. The molecule has 8 unspecified atom stereocenters. The summed E-state index contributed by atoms with van der Waals surface area (Å²) in [4.78, 5) is 12.6. The van der Waals surface area contributed by atoms with Gasteiger partial charge in [-0.2, -0.15) is 0 Å². The molecular weight excluding hydrogens is 346 g/mol. The largest absolute Gasteiger partial charge is 0.459 e. The Morgan fingerprint density at radius 2 is 1.67 bits per heavy atom. The monoisotopic (exact) mass is 387 g/mol. The summed E-state index contributed by atoms with van der Waals surface area (Å²) in [6.07, 6.45) is 0.381. The number of carbonyl (C=O) groups excluding carboxylic acids is 1. The van der Waals surface area contributed by atoms with Crippen LogP contribution >= 0.6 is 0 Å². The molecule has 6 heteroatoms. The Labute approximate surface area is 164 Å². The van der Waals surface area contributed by atoms with E-state index >= 15 is 0 Å². The van der Waals surface area contributed by atoms with E-state index in [2.05, 4.69) is 12.2 Å². The highest BCUT2D eigenvalue weighted by molar-refractivity contribution is 5.72. The lowest BCUT2D eigenvalue weighted by Crippen LogP contribution is -2.58. The summed E-state index contributed by atoms with van der Waals surface area (Å²) in [6.45, 7) is 13.5. The maximum atomic E-state index is 12.6. The molecule has 8 atom stereocenters. The van der Waals surface area contributed by atoms with E-state index in [1.54, 1.807) is 6.92 Å². The number of hydrogen-bond acceptors (Lipinski definition) is 6. The molecule has 0 saturated carbocycles. The summed E-state index contributed by atoms with van der Waals surface area (Å²) < 4.78 is 5.60. The minimum absolute atomic E-state index is 0.165. The maximum absolute atomic E-state index is 12.6. The molecule has 0 aromatic rings. The number of aliphatic hydroxyl groups excluding tert-OH is 1. The number of hydrogen-bond donors (Lipinski definition) is 4. The smallest absolute Gasteiger partial charge is 0.309 e. The van der Waals surface area contributed by atoms with Crippen molar-refractivity contribution >= 4 is 5.97 Å². The first-order valence-electron chi connectivity index (χ1n) is 10.4. The molecular formula is C21H41NO5. The number of ether oxygens (including phenoxy) is 1. The summed E-state index contributed by atoms with van der Waals surface area (Å²) in [6, 6.07) is -0.387. The average Bonchev–Trinajstić information content (AvgIpc) is 2.54. The van der Waals surface area contributed by atoms with Gasteiger partial charge in [0.15, 0.2) is 0 Å². The SMILES string of the molecule is CCC1OC(=O)C(C)CC(C)CC(C)(O)CC(C)CNC(C)C(O)C1(C)O. The van der Waals surface area contributed by atoms with Crippen LogP contribution in [-0.4, -0.2) is 57.3 Å². The van der Waals surface area contributed by atoms with Gasteiger partial charge in [0, 0.05) is 6.04 Å². The van der Waals surface area contributed by atoms with Gasteiger partial charge in [-0.1, -0.05) is 27.7 Å². The maximum Gasteiger partial charge on any atom is 0.309 e. The van der Waals surface area contributed by atoms with Gasteiger partial charge < -0.3 is 25.4 Å². The van der Waals surface area contributed by atoms with Gasteiger partial charge in [-0.3, -0.25) is 4.79 Å². The Morgan fingerprint density at radius 3 is 2.22 bits per heavy atom. The van der Waals surface area contributed by atoms with E-state index in [-0.39, 0.29) is 29.8 Å². The van der Waals surface area contributed by atoms with Crippen molar-refractivity contribution in [3.63, 3.8) is 0 Å². The third-order valence-electron chi connectivity index (χ3n) is 5.88. The zero-order valence-corrected chi connectivity index (χ0v) is 18.2. The van der Waals surface area contributed by atoms with Crippen molar-refractivity contribution in [1.29, 1.82) is 0 Å². The first-order chi connectivity index (χ1) is 12.3.